The van der Waals surface area contributed by atoms with Gasteiger partial charge in [0.1, 0.15) is 0 Å². The third kappa shape index (κ3) is 2.90. The van der Waals surface area contributed by atoms with Crippen LogP contribution in [0.15, 0.2) is 11.1 Å². The van der Waals surface area contributed by atoms with Crippen molar-refractivity contribution in [3.63, 3.8) is 0 Å². The van der Waals surface area contributed by atoms with E-state index < -0.39 is 5.41 Å². The lowest BCUT2D eigenvalue weighted by Gasteiger charge is -2.17. The van der Waals surface area contributed by atoms with Crippen LogP contribution in [0.1, 0.15) is 26.5 Å². The topological polar surface area (TPSA) is 52.0 Å². The van der Waals surface area contributed by atoms with E-state index in [0.29, 0.717) is 9.26 Å². The molecule has 16 heavy (non-hydrogen) atoms. The molecule has 1 aromatic heterocycles. The van der Waals surface area contributed by atoms with E-state index in [1.54, 1.807) is 6.92 Å². The average molecular weight is 334 g/mol. The average Bonchev–Trinajstić information content (AvgIpc) is 2.17. The van der Waals surface area contributed by atoms with Crippen LogP contribution in [-0.2, 0) is 11.3 Å². The number of aromatic nitrogens is 2. The van der Waals surface area contributed by atoms with Crippen LogP contribution in [0.4, 0.5) is 0 Å². The van der Waals surface area contributed by atoms with Gasteiger partial charge in [-0.3, -0.25) is 14.2 Å². The first-order valence-corrected chi connectivity index (χ1v) is 6.06. The maximum Gasteiger partial charge on any atom is 0.267 e. The van der Waals surface area contributed by atoms with Gasteiger partial charge in [-0.15, -0.1) is 0 Å². The van der Waals surface area contributed by atoms with E-state index in [2.05, 4.69) is 4.98 Å². The number of carbonyl (C=O) groups is 1. The molecule has 0 aromatic carbocycles. The molecule has 0 aliphatic carbocycles. The first kappa shape index (κ1) is 13.3. The highest BCUT2D eigenvalue weighted by Gasteiger charge is 2.22. The lowest BCUT2D eigenvalue weighted by atomic mass is 9.91. The van der Waals surface area contributed by atoms with Gasteiger partial charge in [0.15, 0.2) is 5.78 Å². The molecular formula is C11H15IN2O2. The first-order valence-electron chi connectivity index (χ1n) is 4.98. The molecule has 5 heteroatoms. The fourth-order valence-corrected chi connectivity index (χ4v) is 1.50. The lowest BCUT2D eigenvalue weighted by Crippen LogP contribution is -2.32. The maximum atomic E-state index is 11.8. The molecule has 1 rings (SSSR count). The number of Topliss-reactive ketones (excluding diaryl/α,β-unsaturated/α-hetero) is 1. The van der Waals surface area contributed by atoms with Gasteiger partial charge in [-0.05, 0) is 29.5 Å². The van der Waals surface area contributed by atoms with Crippen molar-refractivity contribution in [2.24, 2.45) is 5.41 Å². The summed E-state index contributed by atoms with van der Waals surface area (Å²) in [4.78, 5) is 27.7. The number of hydrogen-bond acceptors (Lipinski definition) is 3. The number of rotatable bonds is 2. The van der Waals surface area contributed by atoms with Gasteiger partial charge in [0, 0.05) is 5.41 Å². The maximum absolute atomic E-state index is 11.8. The molecule has 0 radical (unpaired) electrons. The van der Waals surface area contributed by atoms with Gasteiger partial charge < -0.3 is 0 Å². The van der Waals surface area contributed by atoms with Crippen LogP contribution in [0.25, 0.3) is 0 Å². The highest BCUT2D eigenvalue weighted by atomic mass is 127. The summed E-state index contributed by atoms with van der Waals surface area (Å²) in [5.74, 6) is 0.0241. The van der Waals surface area contributed by atoms with Crippen molar-refractivity contribution >= 4 is 28.4 Å². The van der Waals surface area contributed by atoms with E-state index in [9.17, 15) is 9.59 Å². The molecule has 0 spiro atoms. The Morgan fingerprint density at radius 3 is 2.56 bits per heavy atom. The molecule has 0 atom stereocenters. The number of aryl methyl sites for hydroxylation is 1. The van der Waals surface area contributed by atoms with Crippen LogP contribution in [-0.4, -0.2) is 15.3 Å². The zero-order valence-corrected chi connectivity index (χ0v) is 12.0. The van der Waals surface area contributed by atoms with Crippen molar-refractivity contribution in [3.8, 4) is 0 Å². The molecule has 0 amide bonds. The second kappa shape index (κ2) is 4.65. The SMILES string of the molecule is Cc1ncn(CC(=O)C(C)(C)C)c(=O)c1I. The summed E-state index contributed by atoms with van der Waals surface area (Å²) in [6.45, 7) is 7.39. The number of nitrogens with zero attached hydrogens (tertiary/aromatic N) is 2. The van der Waals surface area contributed by atoms with Crippen LogP contribution in [0.3, 0.4) is 0 Å². The predicted octanol–water partition coefficient (Wildman–Crippen LogP) is 1.77. The zero-order chi connectivity index (χ0) is 12.5. The summed E-state index contributed by atoms with van der Waals surface area (Å²) in [6.07, 6.45) is 1.43. The smallest absolute Gasteiger partial charge is 0.267 e. The Morgan fingerprint density at radius 2 is 2.06 bits per heavy atom. The molecule has 0 N–H and O–H groups in total. The molecule has 0 aliphatic heterocycles. The number of carbonyl (C=O) groups excluding carboxylic acids is 1. The van der Waals surface area contributed by atoms with Crippen molar-refractivity contribution in [1.29, 1.82) is 0 Å². The minimum Gasteiger partial charge on any atom is -0.297 e. The van der Waals surface area contributed by atoms with E-state index >= 15 is 0 Å². The highest BCUT2D eigenvalue weighted by Crippen LogP contribution is 2.15. The van der Waals surface area contributed by atoms with Crippen LogP contribution in [0.5, 0.6) is 0 Å². The molecule has 0 aliphatic rings. The van der Waals surface area contributed by atoms with Gasteiger partial charge >= 0.3 is 0 Å². The summed E-state index contributed by atoms with van der Waals surface area (Å²) in [6, 6.07) is 0. The van der Waals surface area contributed by atoms with E-state index in [4.69, 9.17) is 0 Å². The van der Waals surface area contributed by atoms with Crippen molar-refractivity contribution in [3.05, 3.63) is 25.9 Å². The predicted molar refractivity (Wildman–Crippen MR) is 70.4 cm³/mol. The summed E-state index contributed by atoms with van der Waals surface area (Å²) >= 11 is 1.96. The Hall–Kier alpha value is -0.720. The molecule has 1 aromatic rings. The standard InChI is InChI=1S/C11H15IN2O2/c1-7-9(12)10(16)14(6-13-7)5-8(15)11(2,3)4/h6H,5H2,1-4H3. The number of halogens is 1. The molecule has 4 nitrogen and oxygen atoms in total. The van der Waals surface area contributed by atoms with Crippen molar-refractivity contribution in [2.45, 2.75) is 34.2 Å². The van der Waals surface area contributed by atoms with Gasteiger partial charge in [0.2, 0.25) is 0 Å². The quantitative estimate of drug-likeness (QED) is 0.775. The number of ketones is 1. The minimum absolute atomic E-state index is 0.0241. The number of hydrogen-bond donors (Lipinski definition) is 0. The summed E-state index contributed by atoms with van der Waals surface area (Å²) in [5.41, 5.74) is 0.117. The Labute approximate surface area is 108 Å². The van der Waals surface area contributed by atoms with Crippen LogP contribution >= 0.6 is 22.6 Å². The fourth-order valence-electron chi connectivity index (χ4n) is 1.05. The monoisotopic (exact) mass is 334 g/mol. The summed E-state index contributed by atoms with van der Waals surface area (Å²) in [7, 11) is 0. The van der Waals surface area contributed by atoms with Crippen molar-refractivity contribution < 1.29 is 4.79 Å². The van der Waals surface area contributed by atoms with Crippen molar-refractivity contribution in [2.75, 3.05) is 0 Å². The second-order valence-corrected chi connectivity index (χ2v) is 5.83. The van der Waals surface area contributed by atoms with Gasteiger partial charge in [0.05, 0.1) is 22.1 Å². The Kier molecular flexibility index (Phi) is 3.88. The van der Waals surface area contributed by atoms with Gasteiger partial charge in [-0.25, -0.2) is 4.98 Å². The van der Waals surface area contributed by atoms with E-state index in [0.717, 1.165) is 0 Å². The van der Waals surface area contributed by atoms with E-state index in [1.165, 1.54) is 10.9 Å². The second-order valence-electron chi connectivity index (χ2n) is 4.75. The van der Waals surface area contributed by atoms with Gasteiger partial charge in [-0.1, -0.05) is 20.8 Å². The van der Waals surface area contributed by atoms with Gasteiger partial charge in [0.25, 0.3) is 5.56 Å². The molecule has 1 heterocycles. The first-order chi connectivity index (χ1) is 7.23. The molecule has 0 fully saturated rings. The normalized spacial score (nSPS) is 11.6. The fraction of sp³-hybridized carbons (Fsp3) is 0.545. The molecular weight excluding hydrogens is 319 g/mol. The van der Waals surface area contributed by atoms with Crippen LogP contribution in [0.2, 0.25) is 0 Å². The molecule has 0 saturated carbocycles. The molecule has 0 unspecified atom stereocenters. The lowest BCUT2D eigenvalue weighted by molar-refractivity contribution is -0.126. The highest BCUT2D eigenvalue weighted by molar-refractivity contribution is 14.1. The Bertz CT molecular complexity index is 472. The summed E-state index contributed by atoms with van der Waals surface area (Å²) in [5, 5.41) is 0. The van der Waals surface area contributed by atoms with Crippen LogP contribution < -0.4 is 5.56 Å². The zero-order valence-electron chi connectivity index (χ0n) is 9.87. The third-order valence-electron chi connectivity index (χ3n) is 2.31. The summed E-state index contributed by atoms with van der Waals surface area (Å²) < 4.78 is 1.93. The van der Waals surface area contributed by atoms with E-state index in [1.807, 2.05) is 43.4 Å². The minimum atomic E-state index is -0.435. The molecule has 88 valence electrons. The Morgan fingerprint density at radius 1 is 1.50 bits per heavy atom. The third-order valence-corrected chi connectivity index (χ3v) is 3.55. The van der Waals surface area contributed by atoms with E-state index in [-0.39, 0.29) is 17.9 Å². The van der Waals surface area contributed by atoms with Gasteiger partial charge in [-0.2, -0.15) is 0 Å². The van der Waals surface area contributed by atoms with Crippen LogP contribution in [0, 0.1) is 15.9 Å². The Balaban J connectivity index is 3.05. The largest absolute Gasteiger partial charge is 0.297 e. The van der Waals surface area contributed by atoms with Crippen molar-refractivity contribution in [1.82, 2.24) is 9.55 Å². The molecule has 0 bridgehead atoms. The molecule has 0 saturated heterocycles.